The van der Waals surface area contributed by atoms with Gasteiger partial charge in [-0.25, -0.2) is 0 Å². The average molecular weight is 545 g/mol. The van der Waals surface area contributed by atoms with Crippen molar-refractivity contribution < 1.29 is 59.9 Å². The standard InChI is InChI=1S/C24H36N2O12/c27-11-13-17(31)19(33)21(35)23(37-13)25-15(29)9-7-5-3-1-2-4-6-8-10-16(30)26-24-22(36)20(34)18(32)14(12-28)38-24/h13-14,17-24,27-28,31-36H,5-12H2,(H,25,29)(H,26,30)/t13-,14-,17-,18-,19+,20+,21-,22-,23-,24-/m1/s1. The van der Waals surface area contributed by atoms with Gasteiger partial charge in [0.15, 0.2) is 12.5 Å². The van der Waals surface area contributed by atoms with Crippen molar-refractivity contribution in [1.82, 2.24) is 10.6 Å². The first-order valence-electron chi connectivity index (χ1n) is 12.3. The zero-order chi connectivity index (χ0) is 28.2. The first kappa shape index (κ1) is 31.9. The Morgan fingerprint density at radius 3 is 1.32 bits per heavy atom. The van der Waals surface area contributed by atoms with Crippen LogP contribution >= 0.6 is 0 Å². The lowest BCUT2D eigenvalue weighted by atomic mass is 9.98. The molecule has 2 fully saturated rings. The van der Waals surface area contributed by atoms with E-state index in [9.17, 15) is 40.2 Å². The van der Waals surface area contributed by atoms with E-state index in [0.717, 1.165) is 0 Å². The minimum absolute atomic E-state index is 0.0562. The van der Waals surface area contributed by atoms with Crippen molar-refractivity contribution in [2.75, 3.05) is 13.2 Å². The minimum Gasteiger partial charge on any atom is -0.394 e. The summed E-state index contributed by atoms with van der Waals surface area (Å²) in [6.45, 7) is -1.19. The van der Waals surface area contributed by atoms with E-state index in [1.54, 1.807) is 0 Å². The topological polar surface area (TPSA) is 238 Å². The van der Waals surface area contributed by atoms with E-state index in [4.69, 9.17) is 19.7 Å². The van der Waals surface area contributed by atoms with Crippen molar-refractivity contribution in [3.63, 3.8) is 0 Å². The molecule has 2 saturated heterocycles. The molecular weight excluding hydrogens is 508 g/mol. The van der Waals surface area contributed by atoms with Crippen LogP contribution in [0.5, 0.6) is 0 Å². The van der Waals surface area contributed by atoms with Crippen molar-refractivity contribution in [3.05, 3.63) is 0 Å². The SMILES string of the molecule is O=C(CCCC#CC#CCCCC(=O)N[C@@H]1O[C@H](CO)[C@@H](O)[C@H](O)[C@H]1O)N[C@@H]1O[C@H](CO)[C@@H](O)[C@H](O)[C@H]1O. The van der Waals surface area contributed by atoms with Crippen molar-refractivity contribution in [2.24, 2.45) is 0 Å². The molecule has 0 spiro atoms. The van der Waals surface area contributed by atoms with Gasteiger partial charge in [0.05, 0.1) is 13.2 Å². The number of unbranched alkanes of at least 4 members (excludes halogenated alkanes) is 2. The van der Waals surface area contributed by atoms with Gasteiger partial charge in [-0.1, -0.05) is 11.8 Å². The minimum atomic E-state index is -1.58. The van der Waals surface area contributed by atoms with Gasteiger partial charge in [-0.3, -0.25) is 9.59 Å². The molecule has 0 aromatic heterocycles. The fraction of sp³-hybridized carbons (Fsp3) is 0.750. The molecule has 2 amide bonds. The lowest BCUT2D eigenvalue weighted by Crippen LogP contribution is -2.63. The summed E-state index contributed by atoms with van der Waals surface area (Å²) in [4.78, 5) is 24.1. The molecule has 10 N–H and O–H groups in total. The maximum absolute atomic E-state index is 12.0. The monoisotopic (exact) mass is 544 g/mol. The number of hydrogen-bond donors (Lipinski definition) is 10. The molecule has 0 bridgehead atoms. The van der Waals surface area contributed by atoms with Crippen molar-refractivity contribution in [1.29, 1.82) is 0 Å². The van der Waals surface area contributed by atoms with Gasteiger partial charge >= 0.3 is 0 Å². The van der Waals surface area contributed by atoms with Gasteiger partial charge in [-0.2, -0.15) is 0 Å². The Morgan fingerprint density at radius 1 is 0.605 bits per heavy atom. The first-order valence-corrected chi connectivity index (χ1v) is 12.3. The van der Waals surface area contributed by atoms with Crippen molar-refractivity contribution in [2.45, 2.75) is 99.8 Å². The third-order valence-corrected chi connectivity index (χ3v) is 6.04. The predicted molar refractivity (Wildman–Crippen MR) is 127 cm³/mol. The number of nitrogens with one attached hydrogen (secondary N) is 2. The summed E-state index contributed by atoms with van der Waals surface area (Å²) in [5, 5.41) is 81.9. The van der Waals surface area contributed by atoms with Gasteiger partial charge in [0.2, 0.25) is 11.8 Å². The molecule has 2 heterocycles. The fourth-order valence-corrected chi connectivity index (χ4v) is 3.79. The van der Waals surface area contributed by atoms with E-state index in [1.807, 2.05) is 0 Å². The number of carbonyl (C=O) groups excluding carboxylic acids is 2. The lowest BCUT2D eigenvalue weighted by Gasteiger charge is -2.40. The average Bonchev–Trinajstić information content (AvgIpc) is 2.90. The predicted octanol–water partition coefficient (Wildman–Crippen LogP) is -4.83. The van der Waals surface area contributed by atoms with Crippen LogP contribution < -0.4 is 10.6 Å². The molecule has 0 unspecified atom stereocenters. The summed E-state index contributed by atoms with van der Waals surface area (Å²) >= 11 is 0. The maximum atomic E-state index is 12.0. The summed E-state index contributed by atoms with van der Waals surface area (Å²) in [6.07, 6.45) is -12.4. The first-order chi connectivity index (χ1) is 18.1. The Bertz CT molecular complexity index is 820. The highest BCUT2D eigenvalue weighted by Crippen LogP contribution is 2.21. The summed E-state index contributed by atoms with van der Waals surface area (Å²) in [7, 11) is 0. The molecule has 38 heavy (non-hydrogen) atoms. The largest absolute Gasteiger partial charge is 0.394 e. The van der Waals surface area contributed by atoms with E-state index >= 15 is 0 Å². The molecular formula is C24H36N2O12. The molecule has 2 rings (SSSR count). The number of aliphatic hydroxyl groups is 8. The number of ether oxygens (including phenoxy) is 2. The summed E-state index contributed by atoms with van der Waals surface area (Å²) in [5.41, 5.74) is 0. The second kappa shape index (κ2) is 15.9. The van der Waals surface area contributed by atoms with Crippen LogP contribution in [-0.4, -0.2) is 127 Å². The van der Waals surface area contributed by atoms with E-state index in [1.165, 1.54) is 0 Å². The molecule has 14 nitrogen and oxygen atoms in total. The van der Waals surface area contributed by atoms with Crippen LogP contribution in [0.1, 0.15) is 38.5 Å². The third kappa shape index (κ3) is 9.14. The smallest absolute Gasteiger partial charge is 0.222 e. The van der Waals surface area contributed by atoms with Gasteiger partial charge in [0.1, 0.15) is 48.8 Å². The Balaban J connectivity index is 1.60. The number of rotatable bonds is 10. The van der Waals surface area contributed by atoms with Gasteiger partial charge in [0.25, 0.3) is 0 Å². The van der Waals surface area contributed by atoms with Crippen LogP contribution in [-0.2, 0) is 19.1 Å². The van der Waals surface area contributed by atoms with Crippen LogP contribution in [0.25, 0.3) is 0 Å². The van der Waals surface area contributed by atoms with Crippen LogP contribution in [0.4, 0.5) is 0 Å². The van der Waals surface area contributed by atoms with Crippen LogP contribution in [0.3, 0.4) is 0 Å². The van der Waals surface area contributed by atoms with Gasteiger partial charge in [-0.05, 0) is 24.7 Å². The van der Waals surface area contributed by atoms with E-state index in [-0.39, 0.29) is 12.8 Å². The molecule has 0 aromatic rings. The van der Waals surface area contributed by atoms with Gasteiger partial charge < -0.3 is 61.0 Å². The molecule has 0 saturated carbocycles. The third-order valence-electron chi connectivity index (χ3n) is 6.04. The Hall–Kier alpha value is -2.34. The zero-order valence-electron chi connectivity index (χ0n) is 20.6. The molecule has 2 aliphatic rings. The zero-order valence-corrected chi connectivity index (χ0v) is 20.6. The normalized spacial score (nSPS) is 34.7. The van der Waals surface area contributed by atoms with Gasteiger partial charge in [-0.15, -0.1) is 0 Å². The summed E-state index contributed by atoms with van der Waals surface area (Å²) < 4.78 is 10.4. The van der Waals surface area contributed by atoms with E-state index in [2.05, 4.69) is 34.3 Å². The maximum Gasteiger partial charge on any atom is 0.222 e. The lowest BCUT2D eigenvalue weighted by molar-refractivity contribution is -0.236. The van der Waals surface area contributed by atoms with Crippen LogP contribution in [0, 0.1) is 23.7 Å². The fourth-order valence-electron chi connectivity index (χ4n) is 3.79. The molecule has 0 aromatic carbocycles. The van der Waals surface area contributed by atoms with Gasteiger partial charge in [0, 0.05) is 25.7 Å². The van der Waals surface area contributed by atoms with Crippen molar-refractivity contribution in [3.8, 4) is 23.7 Å². The number of aliphatic hydroxyl groups excluding tert-OH is 8. The number of amides is 2. The second-order valence-corrected chi connectivity index (χ2v) is 8.94. The Labute approximate surface area is 219 Å². The van der Waals surface area contributed by atoms with E-state index < -0.39 is 86.3 Å². The highest BCUT2D eigenvalue weighted by Gasteiger charge is 2.44. The Morgan fingerprint density at radius 2 is 0.974 bits per heavy atom. The molecule has 0 aliphatic carbocycles. The Kier molecular flexibility index (Phi) is 13.4. The second-order valence-electron chi connectivity index (χ2n) is 8.94. The quantitative estimate of drug-likeness (QED) is 0.0920. The van der Waals surface area contributed by atoms with Crippen molar-refractivity contribution >= 4 is 11.8 Å². The highest BCUT2D eigenvalue weighted by molar-refractivity contribution is 5.76. The van der Waals surface area contributed by atoms with Crippen LogP contribution in [0.15, 0.2) is 0 Å². The molecule has 14 heteroatoms. The molecule has 214 valence electrons. The molecule has 0 radical (unpaired) electrons. The number of hydrogen-bond acceptors (Lipinski definition) is 12. The summed E-state index contributed by atoms with van der Waals surface area (Å²) in [5.74, 6) is 9.88. The number of carbonyl (C=O) groups is 2. The van der Waals surface area contributed by atoms with E-state index in [0.29, 0.717) is 25.7 Å². The molecule has 2 aliphatic heterocycles. The summed E-state index contributed by atoms with van der Waals surface area (Å²) in [6, 6.07) is 0. The highest BCUT2D eigenvalue weighted by atomic mass is 16.6. The van der Waals surface area contributed by atoms with Crippen LogP contribution in [0.2, 0.25) is 0 Å². The molecule has 10 atom stereocenters.